The zero-order valence-electron chi connectivity index (χ0n) is 18.5. The van der Waals surface area contributed by atoms with Crippen LogP contribution in [0.1, 0.15) is 19.2 Å². The van der Waals surface area contributed by atoms with Gasteiger partial charge in [-0.25, -0.2) is 4.98 Å². The predicted octanol–water partition coefficient (Wildman–Crippen LogP) is 5.98. The molecule has 0 bridgehead atoms. The fourth-order valence-electron chi connectivity index (χ4n) is 3.54. The van der Waals surface area contributed by atoms with Gasteiger partial charge in [-0.05, 0) is 55.5 Å². The molecule has 0 atom stereocenters. The van der Waals surface area contributed by atoms with Crippen molar-refractivity contribution in [2.75, 3.05) is 11.9 Å². The van der Waals surface area contributed by atoms with E-state index in [1.165, 1.54) is 0 Å². The first-order valence-corrected chi connectivity index (χ1v) is 11.8. The Hall–Kier alpha value is -4.04. The second-order valence-electron chi connectivity index (χ2n) is 7.55. The standard InChI is InChI=1S/C26H22N4O3S/c1-2-32-18-13-11-17(12-14-18)25-29-24(33-30-25)16-15-23(31)27-20-8-4-3-7-19(20)26-28-21-9-5-6-10-22(21)34-26/h3-14H,2,15-16H2,1H3,(H,27,31). The zero-order valence-corrected chi connectivity index (χ0v) is 19.3. The first-order valence-electron chi connectivity index (χ1n) is 11.0. The Morgan fingerprint density at radius 2 is 1.79 bits per heavy atom. The Morgan fingerprint density at radius 1 is 1.00 bits per heavy atom. The molecule has 2 heterocycles. The van der Waals surface area contributed by atoms with Gasteiger partial charge >= 0.3 is 0 Å². The van der Waals surface area contributed by atoms with Gasteiger partial charge in [0.25, 0.3) is 0 Å². The Kier molecular flexibility index (Phi) is 6.31. The molecule has 1 N–H and O–H groups in total. The Morgan fingerprint density at radius 3 is 2.62 bits per heavy atom. The maximum atomic E-state index is 12.7. The number of nitrogens with zero attached hydrogens (tertiary/aromatic N) is 3. The second-order valence-corrected chi connectivity index (χ2v) is 8.58. The molecule has 5 aromatic rings. The van der Waals surface area contributed by atoms with Gasteiger partial charge in [-0.1, -0.05) is 29.4 Å². The Balaban J connectivity index is 1.24. The van der Waals surface area contributed by atoms with Crippen molar-refractivity contribution in [3.8, 4) is 27.7 Å². The minimum absolute atomic E-state index is 0.130. The molecule has 1 amide bonds. The summed E-state index contributed by atoms with van der Waals surface area (Å²) in [6.45, 7) is 2.55. The summed E-state index contributed by atoms with van der Waals surface area (Å²) in [6.07, 6.45) is 0.568. The van der Waals surface area contributed by atoms with Gasteiger partial charge in [0.1, 0.15) is 10.8 Å². The van der Waals surface area contributed by atoms with Gasteiger partial charge in [-0.15, -0.1) is 11.3 Å². The van der Waals surface area contributed by atoms with E-state index in [-0.39, 0.29) is 12.3 Å². The van der Waals surface area contributed by atoms with Crippen molar-refractivity contribution in [1.29, 1.82) is 0 Å². The molecule has 0 fully saturated rings. The van der Waals surface area contributed by atoms with E-state index >= 15 is 0 Å². The van der Waals surface area contributed by atoms with Crippen LogP contribution in [0.2, 0.25) is 0 Å². The van der Waals surface area contributed by atoms with Crippen molar-refractivity contribution in [3.63, 3.8) is 0 Å². The van der Waals surface area contributed by atoms with Crippen LogP contribution in [0.3, 0.4) is 0 Å². The first kappa shape index (κ1) is 21.8. The second kappa shape index (κ2) is 9.84. The lowest BCUT2D eigenvalue weighted by Gasteiger charge is -2.08. The van der Waals surface area contributed by atoms with Crippen LogP contribution in [0.4, 0.5) is 5.69 Å². The smallest absolute Gasteiger partial charge is 0.227 e. The molecule has 3 aromatic carbocycles. The molecule has 2 aromatic heterocycles. The van der Waals surface area contributed by atoms with E-state index in [9.17, 15) is 4.79 Å². The summed E-state index contributed by atoms with van der Waals surface area (Å²) in [4.78, 5) is 21.8. The third-order valence-electron chi connectivity index (χ3n) is 5.18. The third-order valence-corrected chi connectivity index (χ3v) is 6.25. The van der Waals surface area contributed by atoms with E-state index in [1.54, 1.807) is 11.3 Å². The molecule has 8 heteroatoms. The average Bonchev–Trinajstić information content (AvgIpc) is 3.51. The molecule has 0 unspecified atom stereocenters. The number of amides is 1. The van der Waals surface area contributed by atoms with Crippen molar-refractivity contribution in [2.45, 2.75) is 19.8 Å². The van der Waals surface area contributed by atoms with Crippen LogP contribution in [-0.4, -0.2) is 27.6 Å². The molecule has 0 aliphatic carbocycles. The maximum Gasteiger partial charge on any atom is 0.227 e. The lowest BCUT2D eigenvalue weighted by atomic mass is 10.1. The normalized spacial score (nSPS) is 11.0. The monoisotopic (exact) mass is 470 g/mol. The molecule has 0 aliphatic heterocycles. The number of rotatable bonds is 8. The first-order chi connectivity index (χ1) is 16.7. The van der Waals surface area contributed by atoms with Gasteiger partial charge in [-0.3, -0.25) is 4.79 Å². The summed E-state index contributed by atoms with van der Waals surface area (Å²) in [5, 5.41) is 7.91. The van der Waals surface area contributed by atoms with Crippen molar-refractivity contribution in [1.82, 2.24) is 15.1 Å². The Bertz CT molecular complexity index is 1390. The summed E-state index contributed by atoms with van der Waals surface area (Å²) in [7, 11) is 0. The van der Waals surface area contributed by atoms with Crippen LogP contribution < -0.4 is 10.1 Å². The van der Waals surface area contributed by atoms with Crippen LogP contribution in [0.25, 0.3) is 32.2 Å². The number of hydrogen-bond donors (Lipinski definition) is 1. The average molecular weight is 471 g/mol. The summed E-state index contributed by atoms with van der Waals surface area (Å²) in [5.41, 5.74) is 3.40. The fourth-order valence-corrected chi connectivity index (χ4v) is 4.54. The SMILES string of the molecule is CCOc1ccc(-c2noc(CCC(=O)Nc3ccccc3-c3nc4ccccc4s3)n2)cc1. The summed E-state index contributed by atoms with van der Waals surface area (Å²) in [5.74, 6) is 1.56. The summed E-state index contributed by atoms with van der Waals surface area (Å²) in [6, 6.07) is 23.2. The molecule has 170 valence electrons. The van der Waals surface area contributed by atoms with E-state index in [0.29, 0.717) is 24.7 Å². The molecule has 0 saturated carbocycles. The highest BCUT2D eigenvalue weighted by Gasteiger charge is 2.14. The van der Waals surface area contributed by atoms with Crippen LogP contribution in [-0.2, 0) is 11.2 Å². The molecule has 34 heavy (non-hydrogen) atoms. The van der Waals surface area contributed by atoms with Gasteiger partial charge < -0.3 is 14.6 Å². The number of aryl methyl sites for hydroxylation is 1. The molecule has 7 nitrogen and oxygen atoms in total. The molecular formula is C26H22N4O3S. The highest BCUT2D eigenvalue weighted by molar-refractivity contribution is 7.21. The van der Waals surface area contributed by atoms with Crippen molar-refractivity contribution in [2.24, 2.45) is 0 Å². The lowest BCUT2D eigenvalue weighted by molar-refractivity contribution is -0.116. The molecule has 5 rings (SSSR count). The number of hydrogen-bond acceptors (Lipinski definition) is 7. The van der Waals surface area contributed by atoms with Gasteiger partial charge in [0.2, 0.25) is 17.6 Å². The minimum Gasteiger partial charge on any atom is -0.494 e. The fraction of sp³-hybridized carbons (Fsp3) is 0.154. The van der Waals surface area contributed by atoms with E-state index in [2.05, 4.69) is 15.5 Å². The van der Waals surface area contributed by atoms with Gasteiger partial charge in [0.15, 0.2) is 0 Å². The molecule has 0 saturated heterocycles. The number of nitrogens with one attached hydrogen (secondary N) is 1. The Labute approximate surface area is 200 Å². The van der Waals surface area contributed by atoms with Gasteiger partial charge in [0.05, 0.1) is 22.5 Å². The van der Waals surface area contributed by atoms with Crippen LogP contribution in [0, 0.1) is 0 Å². The third kappa shape index (κ3) is 4.82. The van der Waals surface area contributed by atoms with Crippen LogP contribution in [0.15, 0.2) is 77.3 Å². The largest absolute Gasteiger partial charge is 0.494 e. The van der Waals surface area contributed by atoms with Crippen molar-refractivity contribution in [3.05, 3.63) is 78.7 Å². The number of ether oxygens (including phenoxy) is 1. The van der Waals surface area contributed by atoms with E-state index in [1.807, 2.05) is 79.7 Å². The highest BCUT2D eigenvalue weighted by atomic mass is 32.1. The molecule has 0 spiro atoms. The number of para-hydroxylation sites is 2. The molecule has 0 radical (unpaired) electrons. The number of thiazole rings is 1. The summed E-state index contributed by atoms with van der Waals surface area (Å²) >= 11 is 1.60. The van der Waals surface area contributed by atoms with Crippen molar-refractivity contribution < 1.29 is 14.1 Å². The zero-order chi connectivity index (χ0) is 23.3. The minimum atomic E-state index is -0.130. The van der Waals surface area contributed by atoms with Gasteiger partial charge in [0, 0.05) is 24.0 Å². The topological polar surface area (TPSA) is 90.1 Å². The predicted molar refractivity (Wildman–Crippen MR) is 133 cm³/mol. The van der Waals surface area contributed by atoms with E-state index < -0.39 is 0 Å². The highest BCUT2D eigenvalue weighted by Crippen LogP contribution is 2.34. The molecule has 0 aliphatic rings. The van der Waals surface area contributed by atoms with Crippen LogP contribution in [0.5, 0.6) is 5.75 Å². The van der Waals surface area contributed by atoms with E-state index in [4.69, 9.17) is 14.2 Å². The lowest BCUT2D eigenvalue weighted by Crippen LogP contribution is -2.13. The van der Waals surface area contributed by atoms with Crippen LogP contribution >= 0.6 is 11.3 Å². The number of aromatic nitrogens is 3. The molecular weight excluding hydrogens is 448 g/mol. The number of carbonyl (C=O) groups excluding carboxylic acids is 1. The summed E-state index contributed by atoms with van der Waals surface area (Å²) < 4.78 is 11.9. The number of benzene rings is 3. The number of carbonyl (C=O) groups is 1. The number of anilines is 1. The quantitative estimate of drug-likeness (QED) is 0.300. The number of fused-ring (bicyclic) bond motifs is 1. The van der Waals surface area contributed by atoms with Crippen molar-refractivity contribution >= 4 is 33.1 Å². The van der Waals surface area contributed by atoms with E-state index in [0.717, 1.165) is 37.8 Å². The van der Waals surface area contributed by atoms with Gasteiger partial charge in [-0.2, -0.15) is 4.98 Å². The maximum absolute atomic E-state index is 12.7.